The number of sulfone groups is 1. The zero-order chi connectivity index (χ0) is 11.4. The third kappa shape index (κ3) is 3.54. The summed E-state index contributed by atoms with van der Waals surface area (Å²) in [6.07, 6.45) is 4.44. The van der Waals surface area contributed by atoms with Gasteiger partial charge in [0.1, 0.15) is 0 Å². The van der Waals surface area contributed by atoms with Gasteiger partial charge in [0.05, 0.1) is 16.5 Å². The predicted molar refractivity (Wildman–Crippen MR) is 65.5 cm³/mol. The lowest BCUT2D eigenvalue weighted by atomic mass is 10.2. The maximum absolute atomic E-state index is 11.4. The Morgan fingerprint density at radius 2 is 2.44 bits per heavy atom. The van der Waals surface area contributed by atoms with Crippen LogP contribution in [0.3, 0.4) is 0 Å². The minimum absolute atomic E-state index is 0.138. The molecule has 4 nitrogen and oxygen atoms in total. The molecule has 1 aromatic rings. The van der Waals surface area contributed by atoms with Gasteiger partial charge in [-0.2, -0.15) is 0 Å². The smallest absolute Gasteiger partial charge is 0.151 e. The van der Waals surface area contributed by atoms with Gasteiger partial charge in [0, 0.05) is 30.6 Å². The fraction of sp³-hybridized carbons (Fsp3) is 0.700. The molecule has 1 aliphatic rings. The first-order valence-electron chi connectivity index (χ1n) is 5.48. The van der Waals surface area contributed by atoms with Crippen molar-refractivity contribution in [2.45, 2.75) is 25.3 Å². The fourth-order valence-electron chi connectivity index (χ4n) is 1.94. The highest BCUT2D eigenvalue weighted by molar-refractivity contribution is 7.91. The van der Waals surface area contributed by atoms with Crippen LogP contribution in [0.1, 0.15) is 17.8 Å². The molecule has 1 aliphatic heterocycles. The zero-order valence-corrected chi connectivity index (χ0v) is 10.7. The van der Waals surface area contributed by atoms with Crippen molar-refractivity contribution >= 4 is 21.2 Å². The fourth-order valence-corrected chi connectivity index (χ4v) is 4.23. The molecule has 1 atom stereocenters. The Hall–Kier alpha value is -0.460. The van der Waals surface area contributed by atoms with E-state index >= 15 is 0 Å². The van der Waals surface area contributed by atoms with Crippen molar-refractivity contribution in [3.8, 4) is 0 Å². The molecule has 6 heteroatoms. The van der Waals surface area contributed by atoms with Crippen LogP contribution in [-0.4, -0.2) is 37.5 Å². The van der Waals surface area contributed by atoms with E-state index in [2.05, 4.69) is 10.3 Å². The molecule has 0 bridgehead atoms. The maximum Gasteiger partial charge on any atom is 0.151 e. The molecule has 1 unspecified atom stereocenters. The average molecular weight is 260 g/mol. The van der Waals surface area contributed by atoms with Crippen LogP contribution < -0.4 is 5.32 Å². The van der Waals surface area contributed by atoms with Crippen LogP contribution >= 0.6 is 11.3 Å². The van der Waals surface area contributed by atoms with Gasteiger partial charge in [0.2, 0.25) is 0 Å². The van der Waals surface area contributed by atoms with E-state index in [1.165, 1.54) is 0 Å². The second-order valence-corrected chi connectivity index (χ2v) is 7.29. The summed E-state index contributed by atoms with van der Waals surface area (Å²) in [6, 6.07) is 0.138. The van der Waals surface area contributed by atoms with E-state index in [1.54, 1.807) is 17.5 Å². The number of nitrogens with zero attached hydrogens (tertiary/aromatic N) is 1. The Morgan fingerprint density at radius 3 is 3.12 bits per heavy atom. The second-order valence-electron chi connectivity index (χ2n) is 4.08. The van der Waals surface area contributed by atoms with Crippen molar-refractivity contribution in [3.05, 3.63) is 16.6 Å². The first kappa shape index (κ1) is 12.0. The summed E-state index contributed by atoms with van der Waals surface area (Å²) in [6.45, 7) is 0.813. The van der Waals surface area contributed by atoms with Gasteiger partial charge in [0.25, 0.3) is 0 Å². The Labute approximate surface area is 100 Å². The van der Waals surface area contributed by atoms with Crippen molar-refractivity contribution in [1.82, 2.24) is 10.3 Å². The van der Waals surface area contributed by atoms with E-state index in [9.17, 15) is 8.42 Å². The molecular weight excluding hydrogens is 244 g/mol. The molecular formula is C10H16N2O2S2. The first-order valence-corrected chi connectivity index (χ1v) is 8.18. The van der Waals surface area contributed by atoms with E-state index in [-0.39, 0.29) is 6.04 Å². The van der Waals surface area contributed by atoms with Gasteiger partial charge in [0.15, 0.2) is 9.84 Å². The van der Waals surface area contributed by atoms with Crippen LogP contribution in [0.15, 0.2) is 11.6 Å². The number of aromatic nitrogens is 1. The molecule has 0 spiro atoms. The van der Waals surface area contributed by atoms with Crippen LogP contribution in [0.25, 0.3) is 0 Å². The van der Waals surface area contributed by atoms with E-state index in [1.807, 2.05) is 5.38 Å². The number of thiazole rings is 1. The van der Waals surface area contributed by atoms with E-state index < -0.39 is 9.84 Å². The van der Waals surface area contributed by atoms with Gasteiger partial charge in [-0.15, -0.1) is 11.3 Å². The molecule has 2 heterocycles. The standard InChI is InChI=1S/C10H16N2O2S2/c13-16(14)7-1-2-9(8-16)11-4-3-10-12-5-6-15-10/h5-6,9,11H,1-4,7-8H2. The third-order valence-electron chi connectivity index (χ3n) is 2.72. The SMILES string of the molecule is O=S1(=O)CCCC(NCCc2nccs2)C1. The number of nitrogens with one attached hydrogen (secondary N) is 1. The molecule has 0 saturated carbocycles. The lowest BCUT2D eigenvalue weighted by Crippen LogP contribution is -2.40. The maximum atomic E-state index is 11.4. The summed E-state index contributed by atoms with van der Waals surface area (Å²) in [5.41, 5.74) is 0. The molecule has 1 fully saturated rings. The number of hydrogen-bond donors (Lipinski definition) is 1. The van der Waals surface area contributed by atoms with Crippen molar-refractivity contribution in [2.24, 2.45) is 0 Å². The van der Waals surface area contributed by atoms with Crippen molar-refractivity contribution < 1.29 is 8.42 Å². The molecule has 90 valence electrons. The van der Waals surface area contributed by atoms with Crippen LogP contribution in [0, 0.1) is 0 Å². The zero-order valence-electron chi connectivity index (χ0n) is 9.05. The van der Waals surface area contributed by atoms with Gasteiger partial charge in [-0.3, -0.25) is 0 Å². The molecule has 1 aromatic heterocycles. The minimum Gasteiger partial charge on any atom is -0.313 e. The van der Waals surface area contributed by atoms with Crippen molar-refractivity contribution in [3.63, 3.8) is 0 Å². The number of hydrogen-bond acceptors (Lipinski definition) is 5. The van der Waals surface area contributed by atoms with E-state index in [4.69, 9.17) is 0 Å². The van der Waals surface area contributed by atoms with Crippen LogP contribution in [-0.2, 0) is 16.3 Å². The van der Waals surface area contributed by atoms with Gasteiger partial charge >= 0.3 is 0 Å². The van der Waals surface area contributed by atoms with Gasteiger partial charge in [-0.1, -0.05) is 0 Å². The lowest BCUT2D eigenvalue weighted by Gasteiger charge is -2.22. The Morgan fingerprint density at radius 1 is 1.56 bits per heavy atom. The van der Waals surface area contributed by atoms with Crippen LogP contribution in [0.2, 0.25) is 0 Å². The monoisotopic (exact) mass is 260 g/mol. The van der Waals surface area contributed by atoms with Crippen LogP contribution in [0.5, 0.6) is 0 Å². The summed E-state index contributed by atoms with van der Waals surface area (Å²) < 4.78 is 22.8. The normalized spacial score (nSPS) is 24.4. The topological polar surface area (TPSA) is 59.1 Å². The van der Waals surface area contributed by atoms with E-state index in [0.717, 1.165) is 30.8 Å². The Kier molecular flexibility index (Phi) is 3.94. The highest BCUT2D eigenvalue weighted by Crippen LogP contribution is 2.12. The first-order chi connectivity index (χ1) is 7.66. The van der Waals surface area contributed by atoms with E-state index in [0.29, 0.717) is 11.5 Å². The highest BCUT2D eigenvalue weighted by Gasteiger charge is 2.23. The Bertz CT molecular complexity index is 414. The largest absolute Gasteiger partial charge is 0.313 e. The molecule has 1 N–H and O–H groups in total. The molecule has 0 aromatic carbocycles. The van der Waals surface area contributed by atoms with Gasteiger partial charge in [-0.25, -0.2) is 13.4 Å². The highest BCUT2D eigenvalue weighted by atomic mass is 32.2. The molecule has 0 radical (unpaired) electrons. The molecule has 0 aliphatic carbocycles. The Balaban J connectivity index is 1.74. The summed E-state index contributed by atoms with van der Waals surface area (Å²) in [5, 5.41) is 6.36. The second kappa shape index (κ2) is 5.25. The number of rotatable bonds is 4. The lowest BCUT2D eigenvalue weighted by molar-refractivity contribution is 0.483. The average Bonchev–Trinajstić information content (AvgIpc) is 2.69. The summed E-state index contributed by atoms with van der Waals surface area (Å²) >= 11 is 1.64. The summed E-state index contributed by atoms with van der Waals surface area (Å²) in [5.74, 6) is 0.655. The van der Waals surface area contributed by atoms with Gasteiger partial charge in [-0.05, 0) is 12.8 Å². The molecule has 2 rings (SSSR count). The molecule has 16 heavy (non-hydrogen) atoms. The molecule has 1 saturated heterocycles. The predicted octanol–water partition coefficient (Wildman–Crippen LogP) is 0.852. The minimum atomic E-state index is -2.79. The molecule has 0 amide bonds. The van der Waals surface area contributed by atoms with Crippen molar-refractivity contribution in [2.75, 3.05) is 18.1 Å². The van der Waals surface area contributed by atoms with Gasteiger partial charge < -0.3 is 5.32 Å². The van der Waals surface area contributed by atoms with Crippen LogP contribution in [0.4, 0.5) is 0 Å². The quantitative estimate of drug-likeness (QED) is 0.872. The summed E-state index contributed by atoms with van der Waals surface area (Å²) in [7, 11) is -2.79. The third-order valence-corrected chi connectivity index (χ3v) is 5.38. The van der Waals surface area contributed by atoms with Crippen molar-refractivity contribution in [1.29, 1.82) is 0 Å². The summed E-state index contributed by atoms with van der Waals surface area (Å²) in [4.78, 5) is 4.19.